The quantitative estimate of drug-likeness (QED) is 0.328. The number of anilines is 1. The molecule has 0 aromatic heterocycles. The SMILES string of the molecule is NC(=NO)C1CCCN1C(=O)Nc1cccc(F)c1. The number of urea groups is 1. The van der Waals surface area contributed by atoms with Crippen LogP contribution in [-0.4, -0.2) is 34.6 Å². The Balaban J connectivity index is 2.07. The number of hydrogen-bond donors (Lipinski definition) is 3. The molecule has 2 amide bonds. The van der Waals surface area contributed by atoms with Crippen molar-refractivity contribution in [1.82, 2.24) is 4.90 Å². The van der Waals surface area contributed by atoms with Crippen LogP contribution < -0.4 is 11.1 Å². The standard InChI is InChI=1S/C12H15FN4O2/c13-8-3-1-4-9(7-8)15-12(18)17-6-2-5-10(17)11(14)16-19/h1,3-4,7,10,19H,2,5-6H2,(H2,14,16)(H,15,18). The number of nitrogens with zero attached hydrogens (tertiary/aromatic N) is 2. The third kappa shape index (κ3) is 2.93. The minimum absolute atomic E-state index is 0.00638. The van der Waals surface area contributed by atoms with E-state index in [1.165, 1.54) is 23.1 Å². The third-order valence-electron chi connectivity index (χ3n) is 3.05. The van der Waals surface area contributed by atoms with Gasteiger partial charge in [-0.05, 0) is 31.0 Å². The largest absolute Gasteiger partial charge is 0.409 e. The minimum Gasteiger partial charge on any atom is -0.409 e. The molecule has 1 atom stereocenters. The highest BCUT2D eigenvalue weighted by molar-refractivity contribution is 5.95. The van der Waals surface area contributed by atoms with Crippen molar-refractivity contribution in [2.75, 3.05) is 11.9 Å². The zero-order chi connectivity index (χ0) is 13.8. The van der Waals surface area contributed by atoms with Crippen LogP contribution in [-0.2, 0) is 0 Å². The maximum absolute atomic E-state index is 13.0. The molecule has 102 valence electrons. The fraction of sp³-hybridized carbons (Fsp3) is 0.333. The smallest absolute Gasteiger partial charge is 0.322 e. The van der Waals surface area contributed by atoms with Gasteiger partial charge >= 0.3 is 6.03 Å². The number of benzene rings is 1. The molecule has 1 aromatic rings. The van der Waals surface area contributed by atoms with Gasteiger partial charge in [-0.1, -0.05) is 11.2 Å². The Kier molecular flexibility index (Phi) is 3.84. The van der Waals surface area contributed by atoms with Gasteiger partial charge in [0.15, 0.2) is 5.84 Å². The van der Waals surface area contributed by atoms with Crippen LogP contribution in [0.15, 0.2) is 29.4 Å². The second-order valence-electron chi connectivity index (χ2n) is 4.32. The summed E-state index contributed by atoms with van der Waals surface area (Å²) in [7, 11) is 0. The summed E-state index contributed by atoms with van der Waals surface area (Å²) in [4.78, 5) is 13.5. The second-order valence-corrected chi connectivity index (χ2v) is 4.32. The molecule has 0 bridgehead atoms. The monoisotopic (exact) mass is 266 g/mol. The molecular formula is C12H15FN4O2. The van der Waals surface area contributed by atoms with E-state index in [4.69, 9.17) is 10.9 Å². The van der Waals surface area contributed by atoms with Crippen molar-refractivity contribution in [2.24, 2.45) is 10.9 Å². The van der Waals surface area contributed by atoms with Gasteiger partial charge < -0.3 is 21.2 Å². The third-order valence-corrected chi connectivity index (χ3v) is 3.05. The number of amides is 2. The zero-order valence-corrected chi connectivity index (χ0v) is 10.2. The number of carbonyl (C=O) groups excluding carboxylic acids is 1. The van der Waals surface area contributed by atoms with Gasteiger partial charge in [0.05, 0.1) is 6.04 Å². The van der Waals surface area contributed by atoms with E-state index >= 15 is 0 Å². The maximum Gasteiger partial charge on any atom is 0.322 e. The lowest BCUT2D eigenvalue weighted by Gasteiger charge is -2.23. The molecule has 4 N–H and O–H groups in total. The molecule has 1 saturated heterocycles. The zero-order valence-electron chi connectivity index (χ0n) is 10.2. The van der Waals surface area contributed by atoms with Crippen LogP contribution >= 0.6 is 0 Å². The van der Waals surface area contributed by atoms with E-state index in [2.05, 4.69) is 10.5 Å². The first-order chi connectivity index (χ1) is 9.11. The summed E-state index contributed by atoms with van der Waals surface area (Å²) in [6.07, 6.45) is 1.42. The Morgan fingerprint density at radius 1 is 1.58 bits per heavy atom. The van der Waals surface area contributed by atoms with Crippen molar-refractivity contribution in [1.29, 1.82) is 0 Å². The minimum atomic E-state index is -0.424. The van der Waals surface area contributed by atoms with Crippen molar-refractivity contribution < 1.29 is 14.4 Å². The van der Waals surface area contributed by atoms with E-state index in [1.54, 1.807) is 6.07 Å². The van der Waals surface area contributed by atoms with Crippen LogP contribution in [0.3, 0.4) is 0 Å². The summed E-state index contributed by atoms with van der Waals surface area (Å²) < 4.78 is 13.0. The van der Waals surface area contributed by atoms with Crippen LogP contribution in [0.1, 0.15) is 12.8 Å². The lowest BCUT2D eigenvalue weighted by Crippen LogP contribution is -2.45. The number of nitrogens with two attached hydrogens (primary N) is 1. The van der Waals surface area contributed by atoms with Crippen LogP contribution in [0, 0.1) is 5.82 Å². The highest BCUT2D eigenvalue weighted by atomic mass is 19.1. The van der Waals surface area contributed by atoms with Crippen LogP contribution in [0.25, 0.3) is 0 Å². The van der Waals surface area contributed by atoms with E-state index in [0.29, 0.717) is 18.7 Å². The first kappa shape index (κ1) is 13.1. The normalized spacial score (nSPS) is 19.5. The molecule has 0 saturated carbocycles. The Bertz CT molecular complexity index is 506. The Morgan fingerprint density at radius 2 is 2.37 bits per heavy atom. The summed E-state index contributed by atoms with van der Waals surface area (Å²) in [5.41, 5.74) is 5.91. The van der Waals surface area contributed by atoms with Crippen molar-refractivity contribution in [2.45, 2.75) is 18.9 Å². The average molecular weight is 266 g/mol. The van der Waals surface area contributed by atoms with Gasteiger partial charge in [0.2, 0.25) is 0 Å². The molecule has 7 heteroatoms. The number of hydrogen-bond acceptors (Lipinski definition) is 3. The van der Waals surface area contributed by atoms with Gasteiger partial charge in [-0.3, -0.25) is 0 Å². The van der Waals surface area contributed by atoms with E-state index in [-0.39, 0.29) is 11.9 Å². The average Bonchev–Trinajstić information content (AvgIpc) is 2.87. The summed E-state index contributed by atoms with van der Waals surface area (Å²) in [6.45, 7) is 0.516. The summed E-state index contributed by atoms with van der Waals surface area (Å²) in [5, 5.41) is 14.2. The fourth-order valence-electron chi connectivity index (χ4n) is 2.15. The van der Waals surface area contributed by atoms with Gasteiger partial charge in [0.25, 0.3) is 0 Å². The van der Waals surface area contributed by atoms with Crippen LogP contribution in [0.5, 0.6) is 0 Å². The Hall–Kier alpha value is -2.31. The lowest BCUT2D eigenvalue weighted by molar-refractivity contribution is 0.215. The van der Waals surface area contributed by atoms with E-state index in [0.717, 1.165) is 6.42 Å². The molecule has 1 aliphatic rings. The van der Waals surface area contributed by atoms with Gasteiger partial charge in [-0.2, -0.15) is 0 Å². The molecule has 19 heavy (non-hydrogen) atoms. The molecule has 1 aliphatic heterocycles. The van der Waals surface area contributed by atoms with Crippen molar-refractivity contribution in [3.63, 3.8) is 0 Å². The molecule has 1 unspecified atom stereocenters. The summed E-state index contributed by atoms with van der Waals surface area (Å²) in [6, 6.07) is 4.82. The Morgan fingerprint density at radius 3 is 3.05 bits per heavy atom. The number of halogens is 1. The molecule has 0 radical (unpaired) electrons. The highest BCUT2D eigenvalue weighted by Gasteiger charge is 2.31. The van der Waals surface area contributed by atoms with E-state index in [1.807, 2.05) is 0 Å². The second kappa shape index (κ2) is 5.55. The van der Waals surface area contributed by atoms with Crippen molar-refractivity contribution in [3.8, 4) is 0 Å². The van der Waals surface area contributed by atoms with Gasteiger partial charge in [0.1, 0.15) is 5.82 Å². The number of oxime groups is 1. The topological polar surface area (TPSA) is 91.0 Å². The fourth-order valence-corrected chi connectivity index (χ4v) is 2.15. The predicted octanol–water partition coefficient (Wildman–Crippen LogP) is 1.57. The number of carbonyl (C=O) groups is 1. The van der Waals surface area contributed by atoms with Crippen molar-refractivity contribution >= 4 is 17.6 Å². The van der Waals surface area contributed by atoms with E-state index < -0.39 is 11.9 Å². The first-order valence-corrected chi connectivity index (χ1v) is 5.92. The number of rotatable bonds is 2. The van der Waals surface area contributed by atoms with Crippen molar-refractivity contribution in [3.05, 3.63) is 30.1 Å². The molecular weight excluding hydrogens is 251 g/mol. The van der Waals surface area contributed by atoms with Gasteiger partial charge in [0, 0.05) is 12.2 Å². The van der Waals surface area contributed by atoms with Gasteiger partial charge in [-0.15, -0.1) is 0 Å². The lowest BCUT2D eigenvalue weighted by atomic mass is 10.2. The predicted molar refractivity (Wildman–Crippen MR) is 68.6 cm³/mol. The highest BCUT2D eigenvalue weighted by Crippen LogP contribution is 2.19. The number of amidine groups is 1. The summed E-state index contributed by atoms with van der Waals surface area (Å²) in [5.74, 6) is -0.418. The van der Waals surface area contributed by atoms with E-state index in [9.17, 15) is 9.18 Å². The Labute approximate surface area is 109 Å². The summed E-state index contributed by atoms with van der Waals surface area (Å²) >= 11 is 0. The van der Waals surface area contributed by atoms with Crippen LogP contribution in [0.4, 0.5) is 14.9 Å². The molecule has 1 heterocycles. The molecule has 2 rings (SSSR count). The molecule has 1 aromatic carbocycles. The van der Waals surface area contributed by atoms with Gasteiger partial charge in [-0.25, -0.2) is 9.18 Å². The maximum atomic E-state index is 13.0. The molecule has 1 fully saturated rings. The molecule has 6 nitrogen and oxygen atoms in total. The molecule has 0 spiro atoms. The number of nitrogens with one attached hydrogen (secondary N) is 1. The van der Waals surface area contributed by atoms with Crippen LogP contribution in [0.2, 0.25) is 0 Å². The first-order valence-electron chi connectivity index (χ1n) is 5.92. The number of likely N-dealkylation sites (tertiary alicyclic amines) is 1. The molecule has 0 aliphatic carbocycles.